The quantitative estimate of drug-likeness (QED) is 0.156. The summed E-state index contributed by atoms with van der Waals surface area (Å²) in [5, 5.41) is 34.5. The number of aliphatic carboxylic acids is 2. The van der Waals surface area contributed by atoms with Gasteiger partial charge in [0.05, 0.1) is 6.61 Å². The molecule has 32 heavy (non-hydrogen) atoms. The molecule has 0 bridgehead atoms. The molecule has 0 spiro atoms. The van der Waals surface area contributed by atoms with Gasteiger partial charge in [-0.2, -0.15) is 0 Å². The lowest BCUT2D eigenvalue weighted by Gasteiger charge is -2.26. The van der Waals surface area contributed by atoms with Gasteiger partial charge < -0.3 is 37.0 Å². The van der Waals surface area contributed by atoms with Gasteiger partial charge in [-0.05, 0) is 31.1 Å². The zero-order valence-corrected chi connectivity index (χ0v) is 19.0. The second-order valence-corrected chi connectivity index (χ2v) is 8.50. The van der Waals surface area contributed by atoms with Crippen LogP contribution in [0.5, 0.6) is 0 Å². The molecule has 12 nitrogen and oxygen atoms in total. The fourth-order valence-corrected chi connectivity index (χ4v) is 2.84. The first-order valence-electron chi connectivity index (χ1n) is 10.5. The highest BCUT2D eigenvalue weighted by atomic mass is 16.4. The van der Waals surface area contributed by atoms with Crippen molar-refractivity contribution in [2.45, 2.75) is 77.5 Å². The highest BCUT2D eigenvalue weighted by molar-refractivity contribution is 5.94. The summed E-state index contributed by atoms with van der Waals surface area (Å²) in [5.41, 5.74) is 5.43. The molecule has 0 saturated carbocycles. The Kier molecular flexibility index (Phi) is 13.1. The lowest BCUT2D eigenvalue weighted by molar-refractivity contribution is -0.143. The number of hydrogen-bond donors (Lipinski definition) is 7. The predicted octanol–water partition coefficient (Wildman–Crippen LogP) is -1.20. The minimum absolute atomic E-state index is 0.000819. The van der Waals surface area contributed by atoms with E-state index in [0.717, 1.165) is 0 Å². The SMILES string of the molecule is CC(C)CC(NC(=O)C(CC(C)C)NC(=O)C(CCC(=O)O)NC(=O)C(N)CO)C(=O)O. The van der Waals surface area contributed by atoms with Crippen molar-refractivity contribution >= 4 is 29.7 Å². The lowest BCUT2D eigenvalue weighted by Crippen LogP contribution is -2.57. The topological polar surface area (TPSA) is 208 Å². The molecule has 0 rings (SSSR count). The van der Waals surface area contributed by atoms with E-state index < -0.39 is 66.9 Å². The van der Waals surface area contributed by atoms with Crippen LogP contribution in [0.25, 0.3) is 0 Å². The maximum atomic E-state index is 12.8. The van der Waals surface area contributed by atoms with Crippen LogP contribution in [0.15, 0.2) is 0 Å². The molecular weight excluding hydrogens is 424 g/mol. The Morgan fingerprint density at radius 2 is 1.19 bits per heavy atom. The van der Waals surface area contributed by atoms with Crippen LogP contribution in [0.2, 0.25) is 0 Å². The summed E-state index contributed by atoms with van der Waals surface area (Å²) >= 11 is 0. The van der Waals surface area contributed by atoms with Crippen LogP contribution in [0.3, 0.4) is 0 Å². The summed E-state index contributed by atoms with van der Waals surface area (Å²) in [6, 6.07) is -4.87. The minimum Gasteiger partial charge on any atom is -0.481 e. The van der Waals surface area contributed by atoms with Gasteiger partial charge >= 0.3 is 11.9 Å². The van der Waals surface area contributed by atoms with E-state index in [1.54, 1.807) is 13.8 Å². The van der Waals surface area contributed by atoms with E-state index in [-0.39, 0.29) is 31.1 Å². The van der Waals surface area contributed by atoms with E-state index in [4.69, 9.17) is 15.9 Å². The molecule has 3 amide bonds. The number of hydrogen-bond acceptors (Lipinski definition) is 7. The fourth-order valence-electron chi connectivity index (χ4n) is 2.84. The van der Waals surface area contributed by atoms with Crippen LogP contribution < -0.4 is 21.7 Å². The normalized spacial score (nSPS) is 14.9. The van der Waals surface area contributed by atoms with Crippen LogP contribution in [0.1, 0.15) is 53.4 Å². The van der Waals surface area contributed by atoms with E-state index >= 15 is 0 Å². The average Bonchev–Trinajstić information content (AvgIpc) is 2.67. The number of aliphatic hydroxyl groups is 1. The summed E-state index contributed by atoms with van der Waals surface area (Å²) < 4.78 is 0. The van der Waals surface area contributed by atoms with Crippen LogP contribution in [0, 0.1) is 11.8 Å². The summed E-state index contributed by atoms with van der Waals surface area (Å²) in [4.78, 5) is 59.9. The molecule has 0 aromatic rings. The average molecular weight is 461 g/mol. The van der Waals surface area contributed by atoms with Crippen molar-refractivity contribution in [1.29, 1.82) is 0 Å². The van der Waals surface area contributed by atoms with E-state index in [9.17, 15) is 29.1 Å². The Hall–Kier alpha value is -2.73. The van der Waals surface area contributed by atoms with Gasteiger partial charge in [-0.25, -0.2) is 4.79 Å². The van der Waals surface area contributed by atoms with Crippen molar-refractivity contribution in [1.82, 2.24) is 16.0 Å². The van der Waals surface area contributed by atoms with Gasteiger partial charge in [0.25, 0.3) is 0 Å². The summed E-state index contributed by atoms with van der Waals surface area (Å²) in [5.74, 6) is -4.82. The van der Waals surface area contributed by atoms with Gasteiger partial charge in [0.15, 0.2) is 0 Å². The number of nitrogens with one attached hydrogen (secondary N) is 3. The molecule has 0 aromatic heterocycles. The maximum absolute atomic E-state index is 12.8. The Balaban J connectivity index is 5.51. The number of carboxylic acids is 2. The highest BCUT2D eigenvalue weighted by Gasteiger charge is 2.31. The largest absolute Gasteiger partial charge is 0.481 e. The van der Waals surface area contributed by atoms with Crippen molar-refractivity contribution in [3.63, 3.8) is 0 Å². The maximum Gasteiger partial charge on any atom is 0.326 e. The molecule has 0 saturated heterocycles. The van der Waals surface area contributed by atoms with Crippen LogP contribution in [0.4, 0.5) is 0 Å². The van der Waals surface area contributed by atoms with Gasteiger partial charge in [-0.3, -0.25) is 19.2 Å². The zero-order valence-electron chi connectivity index (χ0n) is 19.0. The third kappa shape index (κ3) is 11.6. The third-order valence-corrected chi connectivity index (χ3v) is 4.48. The predicted molar refractivity (Wildman–Crippen MR) is 114 cm³/mol. The molecule has 4 atom stereocenters. The zero-order chi connectivity index (χ0) is 25.0. The third-order valence-electron chi connectivity index (χ3n) is 4.48. The number of carbonyl (C=O) groups excluding carboxylic acids is 3. The number of carboxylic acid groups (broad SMARTS) is 2. The molecule has 184 valence electrons. The first-order valence-corrected chi connectivity index (χ1v) is 10.5. The van der Waals surface area contributed by atoms with Gasteiger partial charge in [0.2, 0.25) is 17.7 Å². The Morgan fingerprint density at radius 1 is 0.750 bits per heavy atom. The first-order chi connectivity index (χ1) is 14.8. The number of nitrogens with two attached hydrogens (primary N) is 1. The fraction of sp³-hybridized carbons (Fsp3) is 0.750. The van der Waals surface area contributed by atoms with Crippen molar-refractivity contribution in [3.8, 4) is 0 Å². The minimum atomic E-state index is -1.32. The summed E-state index contributed by atoms with van der Waals surface area (Å²) in [7, 11) is 0. The smallest absolute Gasteiger partial charge is 0.326 e. The van der Waals surface area contributed by atoms with Crippen LogP contribution in [-0.2, 0) is 24.0 Å². The molecule has 12 heteroatoms. The van der Waals surface area contributed by atoms with Crippen LogP contribution in [-0.4, -0.2) is 75.8 Å². The van der Waals surface area contributed by atoms with Crippen molar-refractivity contribution in [2.75, 3.05) is 6.61 Å². The lowest BCUT2D eigenvalue weighted by atomic mass is 10.00. The van der Waals surface area contributed by atoms with E-state index in [2.05, 4.69) is 16.0 Å². The second kappa shape index (κ2) is 14.4. The molecule has 0 radical (unpaired) electrons. The summed E-state index contributed by atoms with van der Waals surface area (Å²) in [6.45, 7) is 6.55. The monoisotopic (exact) mass is 460 g/mol. The van der Waals surface area contributed by atoms with E-state index in [0.29, 0.717) is 0 Å². The number of aliphatic hydroxyl groups excluding tert-OH is 1. The molecule has 0 aliphatic heterocycles. The van der Waals surface area contributed by atoms with Gasteiger partial charge in [-0.1, -0.05) is 27.7 Å². The molecule has 0 fully saturated rings. The number of rotatable bonds is 15. The molecular formula is C20H36N4O8. The van der Waals surface area contributed by atoms with E-state index in [1.807, 2.05) is 13.8 Å². The van der Waals surface area contributed by atoms with Crippen molar-refractivity contribution in [2.24, 2.45) is 17.6 Å². The molecule has 0 aliphatic rings. The molecule has 0 aromatic carbocycles. The number of amides is 3. The standard InChI is InChI=1S/C20H36N4O8/c1-10(2)7-14(19(30)24-15(20(31)32)8-11(3)4)23-18(29)13(5-6-16(26)27)22-17(28)12(21)9-25/h10-15,25H,5-9,21H2,1-4H3,(H,22,28)(H,23,29)(H,24,30)(H,26,27)(H,31,32). The highest BCUT2D eigenvalue weighted by Crippen LogP contribution is 2.10. The number of carbonyl (C=O) groups is 5. The molecule has 0 aliphatic carbocycles. The summed E-state index contributed by atoms with van der Waals surface area (Å²) in [6.07, 6.45) is -0.337. The van der Waals surface area contributed by atoms with Gasteiger partial charge in [0.1, 0.15) is 24.2 Å². The second-order valence-electron chi connectivity index (χ2n) is 8.50. The van der Waals surface area contributed by atoms with Gasteiger partial charge in [0, 0.05) is 6.42 Å². The molecule has 4 unspecified atom stereocenters. The van der Waals surface area contributed by atoms with Crippen molar-refractivity contribution in [3.05, 3.63) is 0 Å². The Labute approximate surface area is 187 Å². The van der Waals surface area contributed by atoms with Crippen LogP contribution >= 0.6 is 0 Å². The Bertz CT molecular complexity index is 668. The van der Waals surface area contributed by atoms with E-state index in [1.165, 1.54) is 0 Å². The van der Waals surface area contributed by atoms with Gasteiger partial charge in [-0.15, -0.1) is 0 Å². The Morgan fingerprint density at radius 3 is 1.62 bits per heavy atom. The molecule has 8 N–H and O–H groups in total. The molecule has 0 heterocycles. The first kappa shape index (κ1) is 29.3. The van der Waals surface area contributed by atoms with Crippen molar-refractivity contribution < 1.29 is 39.3 Å².